The van der Waals surface area contributed by atoms with E-state index in [0.29, 0.717) is 0 Å². The van der Waals surface area contributed by atoms with E-state index in [4.69, 9.17) is 0 Å². The molecule has 0 saturated carbocycles. The molecule has 68 valence electrons. The largest absolute Gasteiger partial charge is 0.358 e. The summed E-state index contributed by atoms with van der Waals surface area (Å²) in [7, 11) is 0. The Morgan fingerprint density at radius 1 is 1.31 bits per heavy atom. The number of fused-ring (bicyclic) bond motifs is 1. The Morgan fingerprint density at radius 3 is 2.69 bits per heavy atom. The number of nitrogens with one attached hydrogen (secondary N) is 1. The Labute approximate surface area is 84.1 Å². The quantitative estimate of drug-likeness (QED) is 0.725. The maximum Gasteiger partial charge on any atom is 0.126 e. The molecule has 0 saturated heterocycles. The van der Waals surface area contributed by atoms with Crippen molar-refractivity contribution in [2.75, 3.05) is 0 Å². The zero-order valence-electron chi connectivity index (χ0n) is 7.41. The van der Waals surface area contributed by atoms with Gasteiger partial charge < -0.3 is 4.98 Å². The van der Waals surface area contributed by atoms with E-state index >= 15 is 0 Å². The van der Waals surface area contributed by atoms with Crippen LogP contribution in [0.5, 0.6) is 0 Å². The minimum atomic E-state index is -0.222. The summed E-state index contributed by atoms with van der Waals surface area (Å²) in [6, 6.07) is 3.00. The van der Waals surface area contributed by atoms with Crippen molar-refractivity contribution in [3.05, 3.63) is 33.7 Å². The van der Waals surface area contributed by atoms with Gasteiger partial charge in [0.25, 0.3) is 0 Å². The number of benzene rings is 1. The van der Waals surface area contributed by atoms with Crippen LogP contribution >= 0.6 is 15.9 Å². The predicted molar refractivity (Wildman–Crippen MR) is 55.4 cm³/mol. The van der Waals surface area contributed by atoms with Crippen molar-refractivity contribution in [3.63, 3.8) is 0 Å². The summed E-state index contributed by atoms with van der Waals surface area (Å²) >= 11 is 3.35. The first-order chi connectivity index (χ1) is 6.09. The summed E-state index contributed by atoms with van der Waals surface area (Å²) in [5.41, 5.74) is 3.10. The van der Waals surface area contributed by atoms with Crippen molar-refractivity contribution in [1.82, 2.24) is 4.98 Å². The molecule has 0 fully saturated rings. The molecule has 3 heteroatoms. The van der Waals surface area contributed by atoms with Crippen LogP contribution in [0.3, 0.4) is 0 Å². The highest BCUT2D eigenvalue weighted by atomic mass is 79.9. The number of aromatic amines is 1. The summed E-state index contributed by atoms with van der Waals surface area (Å²) in [4.78, 5) is 3.14. The molecule has 2 aromatic rings. The number of H-pyrrole nitrogens is 1. The smallest absolute Gasteiger partial charge is 0.126 e. The second kappa shape index (κ2) is 2.84. The Bertz CT molecular complexity index is 473. The molecule has 1 N–H and O–H groups in total. The minimum absolute atomic E-state index is 0.222. The summed E-state index contributed by atoms with van der Waals surface area (Å²) in [5.74, 6) is -0.222. The fourth-order valence-electron chi connectivity index (χ4n) is 1.54. The summed E-state index contributed by atoms with van der Waals surface area (Å²) in [6.07, 6.45) is 0. The van der Waals surface area contributed by atoms with E-state index in [1.54, 1.807) is 0 Å². The van der Waals surface area contributed by atoms with Gasteiger partial charge in [-0.2, -0.15) is 0 Å². The fourth-order valence-corrected chi connectivity index (χ4v) is 2.27. The third kappa shape index (κ3) is 1.27. The first-order valence-electron chi connectivity index (χ1n) is 4.03. The highest BCUT2D eigenvalue weighted by molar-refractivity contribution is 9.10. The van der Waals surface area contributed by atoms with E-state index < -0.39 is 0 Å². The van der Waals surface area contributed by atoms with Gasteiger partial charge in [-0.25, -0.2) is 4.39 Å². The lowest BCUT2D eigenvalue weighted by Gasteiger charge is -1.96. The second-order valence-corrected chi connectivity index (χ2v) is 4.04. The lowest BCUT2D eigenvalue weighted by atomic mass is 10.1. The fraction of sp³-hybridized carbons (Fsp3) is 0.200. The molecule has 0 aliphatic rings. The average molecular weight is 242 g/mol. The Hall–Kier alpha value is -0.830. The molecule has 1 aromatic carbocycles. The molecule has 0 aliphatic heterocycles. The number of halogens is 2. The van der Waals surface area contributed by atoms with Crippen molar-refractivity contribution in [2.24, 2.45) is 0 Å². The topological polar surface area (TPSA) is 15.8 Å². The van der Waals surface area contributed by atoms with Gasteiger partial charge in [0.15, 0.2) is 0 Å². The van der Waals surface area contributed by atoms with E-state index in [1.165, 1.54) is 17.7 Å². The standard InChI is InChI=1S/C10H9BrFN/c1-5-6(2)13-9-4-7(12)3-8(11)10(5)9/h3-4,13H,1-2H3. The molecule has 0 spiro atoms. The monoisotopic (exact) mass is 241 g/mol. The van der Waals surface area contributed by atoms with Crippen LogP contribution in [-0.2, 0) is 0 Å². The maximum absolute atomic E-state index is 13.0. The Balaban J connectivity index is 2.94. The zero-order chi connectivity index (χ0) is 9.59. The third-order valence-electron chi connectivity index (χ3n) is 2.31. The Morgan fingerprint density at radius 2 is 2.00 bits per heavy atom. The van der Waals surface area contributed by atoms with Gasteiger partial charge in [0.2, 0.25) is 0 Å². The number of hydrogen-bond acceptors (Lipinski definition) is 0. The number of rotatable bonds is 0. The van der Waals surface area contributed by atoms with Gasteiger partial charge in [-0.3, -0.25) is 0 Å². The van der Waals surface area contributed by atoms with Gasteiger partial charge in [0, 0.05) is 21.1 Å². The first-order valence-corrected chi connectivity index (χ1v) is 4.83. The van der Waals surface area contributed by atoms with Crippen molar-refractivity contribution in [3.8, 4) is 0 Å². The van der Waals surface area contributed by atoms with Crippen LogP contribution < -0.4 is 0 Å². The minimum Gasteiger partial charge on any atom is -0.358 e. The van der Waals surface area contributed by atoms with E-state index in [2.05, 4.69) is 20.9 Å². The normalized spacial score (nSPS) is 11.1. The number of aryl methyl sites for hydroxylation is 2. The number of hydrogen-bond donors (Lipinski definition) is 1. The molecular formula is C10H9BrFN. The molecule has 0 unspecified atom stereocenters. The van der Waals surface area contributed by atoms with Crippen molar-refractivity contribution in [2.45, 2.75) is 13.8 Å². The molecule has 0 radical (unpaired) electrons. The molecular weight excluding hydrogens is 233 g/mol. The molecule has 13 heavy (non-hydrogen) atoms. The van der Waals surface area contributed by atoms with Crippen molar-refractivity contribution in [1.29, 1.82) is 0 Å². The van der Waals surface area contributed by atoms with Crippen LogP contribution in [0.2, 0.25) is 0 Å². The predicted octanol–water partition coefficient (Wildman–Crippen LogP) is 3.69. The average Bonchev–Trinajstić information content (AvgIpc) is 2.27. The highest BCUT2D eigenvalue weighted by Crippen LogP contribution is 2.29. The zero-order valence-corrected chi connectivity index (χ0v) is 9.00. The van der Waals surface area contributed by atoms with Gasteiger partial charge in [-0.15, -0.1) is 0 Å². The van der Waals surface area contributed by atoms with E-state index in [-0.39, 0.29) is 5.82 Å². The molecule has 0 bridgehead atoms. The van der Waals surface area contributed by atoms with Gasteiger partial charge in [-0.1, -0.05) is 0 Å². The SMILES string of the molecule is Cc1[nH]c2cc(F)cc(Br)c2c1C. The van der Waals surface area contributed by atoms with Gasteiger partial charge in [0.05, 0.1) is 0 Å². The molecule has 1 heterocycles. The summed E-state index contributed by atoms with van der Waals surface area (Å²) < 4.78 is 13.8. The third-order valence-corrected chi connectivity index (χ3v) is 2.94. The van der Waals surface area contributed by atoms with Crippen LogP contribution in [0.25, 0.3) is 10.9 Å². The molecule has 0 atom stereocenters. The van der Waals surface area contributed by atoms with Gasteiger partial charge in [0.1, 0.15) is 5.82 Å². The van der Waals surface area contributed by atoms with Crippen molar-refractivity contribution >= 4 is 26.8 Å². The van der Waals surface area contributed by atoms with Crippen LogP contribution in [0.15, 0.2) is 16.6 Å². The number of aromatic nitrogens is 1. The summed E-state index contributed by atoms with van der Waals surface area (Å²) in [6.45, 7) is 4.01. The molecule has 2 rings (SSSR count). The molecule has 1 aromatic heterocycles. The van der Waals surface area contributed by atoms with Crippen LogP contribution in [0, 0.1) is 19.7 Å². The van der Waals surface area contributed by atoms with Crippen LogP contribution in [0.1, 0.15) is 11.3 Å². The van der Waals surface area contributed by atoms with E-state index in [0.717, 1.165) is 21.1 Å². The highest BCUT2D eigenvalue weighted by Gasteiger charge is 2.08. The lowest BCUT2D eigenvalue weighted by Crippen LogP contribution is -1.77. The summed E-state index contributed by atoms with van der Waals surface area (Å²) in [5, 5.41) is 1.07. The molecule has 1 nitrogen and oxygen atoms in total. The van der Waals surface area contributed by atoms with Gasteiger partial charge >= 0.3 is 0 Å². The van der Waals surface area contributed by atoms with Crippen LogP contribution in [0.4, 0.5) is 4.39 Å². The Kier molecular flexibility index (Phi) is 1.91. The van der Waals surface area contributed by atoms with Crippen molar-refractivity contribution < 1.29 is 4.39 Å². The van der Waals surface area contributed by atoms with Crippen LogP contribution in [-0.4, -0.2) is 4.98 Å². The second-order valence-electron chi connectivity index (χ2n) is 3.19. The van der Waals surface area contributed by atoms with E-state index in [1.807, 2.05) is 13.8 Å². The maximum atomic E-state index is 13.0. The molecule has 0 amide bonds. The van der Waals surface area contributed by atoms with Gasteiger partial charge in [-0.05, 0) is 47.5 Å². The first kappa shape index (κ1) is 8.75. The molecule has 0 aliphatic carbocycles. The van der Waals surface area contributed by atoms with E-state index in [9.17, 15) is 4.39 Å². The lowest BCUT2D eigenvalue weighted by molar-refractivity contribution is 0.628.